The second kappa shape index (κ2) is 6.31. The van der Waals surface area contributed by atoms with Crippen LogP contribution in [-0.4, -0.2) is 47.3 Å². The Balaban J connectivity index is 1.97. The van der Waals surface area contributed by atoms with Gasteiger partial charge in [0.2, 0.25) is 0 Å². The van der Waals surface area contributed by atoms with Crippen LogP contribution in [0.5, 0.6) is 0 Å². The molecule has 0 aromatic carbocycles. The molecule has 5 heteroatoms. The zero-order chi connectivity index (χ0) is 13.0. The number of aromatic nitrogens is 2. The molecule has 2 N–H and O–H groups in total. The number of ether oxygens (including phenoxy) is 1. The van der Waals surface area contributed by atoms with Crippen LogP contribution in [0, 0.1) is 0 Å². The quantitative estimate of drug-likeness (QED) is 0.846. The summed E-state index contributed by atoms with van der Waals surface area (Å²) in [6.45, 7) is 2.44. The minimum atomic E-state index is 0.211. The number of rotatable bonds is 5. The molecule has 0 spiro atoms. The van der Waals surface area contributed by atoms with Gasteiger partial charge in [-0.15, -0.1) is 0 Å². The predicted molar refractivity (Wildman–Crippen MR) is 71.2 cm³/mol. The Kier molecular flexibility index (Phi) is 4.74. The molecule has 0 aliphatic carbocycles. The van der Waals surface area contributed by atoms with Gasteiger partial charge in [-0.05, 0) is 26.3 Å². The third-order valence-electron chi connectivity index (χ3n) is 3.72. The van der Waals surface area contributed by atoms with Gasteiger partial charge in [-0.1, -0.05) is 0 Å². The van der Waals surface area contributed by atoms with Crippen molar-refractivity contribution >= 4 is 0 Å². The van der Waals surface area contributed by atoms with E-state index in [4.69, 9.17) is 10.5 Å². The van der Waals surface area contributed by atoms with Gasteiger partial charge in [0.15, 0.2) is 0 Å². The SMILES string of the molecule is CN(CC1CCCCO1)C(CN)c1cncn1C. The first-order valence-corrected chi connectivity index (χ1v) is 6.70. The molecule has 1 aromatic rings. The first-order chi connectivity index (χ1) is 8.72. The van der Waals surface area contributed by atoms with Crippen molar-refractivity contribution in [2.75, 3.05) is 26.7 Å². The maximum absolute atomic E-state index is 5.92. The maximum atomic E-state index is 5.92. The second-order valence-electron chi connectivity index (χ2n) is 5.11. The lowest BCUT2D eigenvalue weighted by molar-refractivity contribution is -0.00822. The fraction of sp³-hybridized carbons (Fsp3) is 0.769. The van der Waals surface area contributed by atoms with Crippen LogP contribution in [0.25, 0.3) is 0 Å². The van der Waals surface area contributed by atoms with E-state index in [2.05, 4.69) is 16.9 Å². The van der Waals surface area contributed by atoms with Gasteiger partial charge < -0.3 is 15.0 Å². The third-order valence-corrected chi connectivity index (χ3v) is 3.72. The van der Waals surface area contributed by atoms with Crippen LogP contribution in [0.2, 0.25) is 0 Å². The lowest BCUT2D eigenvalue weighted by atomic mass is 10.1. The van der Waals surface area contributed by atoms with Crippen LogP contribution in [0.3, 0.4) is 0 Å². The van der Waals surface area contributed by atoms with E-state index in [0.29, 0.717) is 12.6 Å². The molecule has 102 valence electrons. The highest BCUT2D eigenvalue weighted by molar-refractivity contribution is 5.05. The van der Waals surface area contributed by atoms with Crippen molar-refractivity contribution in [3.8, 4) is 0 Å². The number of imidazole rings is 1. The lowest BCUT2D eigenvalue weighted by Crippen LogP contribution is -2.39. The smallest absolute Gasteiger partial charge is 0.0946 e. The largest absolute Gasteiger partial charge is 0.377 e. The Morgan fingerprint density at radius 3 is 3.00 bits per heavy atom. The molecule has 2 atom stereocenters. The van der Waals surface area contributed by atoms with Gasteiger partial charge in [-0.2, -0.15) is 0 Å². The van der Waals surface area contributed by atoms with Gasteiger partial charge >= 0.3 is 0 Å². The zero-order valence-electron chi connectivity index (χ0n) is 11.4. The summed E-state index contributed by atoms with van der Waals surface area (Å²) in [5.74, 6) is 0. The van der Waals surface area contributed by atoms with E-state index < -0.39 is 0 Å². The molecule has 0 bridgehead atoms. The van der Waals surface area contributed by atoms with Gasteiger partial charge in [-0.3, -0.25) is 4.90 Å². The molecule has 1 aliphatic rings. The number of likely N-dealkylation sites (N-methyl/N-ethyl adjacent to an activating group) is 1. The minimum absolute atomic E-state index is 0.211. The molecule has 5 nitrogen and oxygen atoms in total. The topological polar surface area (TPSA) is 56.3 Å². The summed E-state index contributed by atoms with van der Waals surface area (Å²) in [4.78, 5) is 6.45. The normalized spacial score (nSPS) is 22.3. The summed E-state index contributed by atoms with van der Waals surface area (Å²) < 4.78 is 7.82. The van der Waals surface area contributed by atoms with Gasteiger partial charge in [0.1, 0.15) is 0 Å². The molecule has 2 rings (SSSR count). The molecule has 2 heterocycles. The first kappa shape index (κ1) is 13.5. The van der Waals surface area contributed by atoms with Gasteiger partial charge in [0.05, 0.1) is 24.2 Å². The number of hydrogen-bond donors (Lipinski definition) is 1. The molecule has 1 aliphatic heterocycles. The fourth-order valence-corrected chi connectivity index (χ4v) is 2.61. The average Bonchev–Trinajstić information content (AvgIpc) is 2.78. The second-order valence-corrected chi connectivity index (χ2v) is 5.11. The van der Waals surface area contributed by atoms with E-state index >= 15 is 0 Å². The highest BCUT2D eigenvalue weighted by Gasteiger charge is 2.23. The Hall–Kier alpha value is -0.910. The van der Waals surface area contributed by atoms with Crippen molar-refractivity contribution < 1.29 is 4.74 Å². The van der Waals surface area contributed by atoms with Crippen molar-refractivity contribution in [3.05, 3.63) is 18.2 Å². The number of nitrogens with two attached hydrogens (primary N) is 1. The summed E-state index contributed by atoms with van der Waals surface area (Å²) in [6, 6.07) is 0.211. The van der Waals surface area contributed by atoms with Crippen molar-refractivity contribution in [2.24, 2.45) is 12.8 Å². The van der Waals surface area contributed by atoms with Gasteiger partial charge in [-0.25, -0.2) is 4.98 Å². The molecule has 1 saturated heterocycles. The van der Waals surface area contributed by atoms with Gasteiger partial charge in [0, 0.05) is 32.9 Å². The van der Waals surface area contributed by atoms with Crippen molar-refractivity contribution in [3.63, 3.8) is 0 Å². The third kappa shape index (κ3) is 3.10. The highest BCUT2D eigenvalue weighted by atomic mass is 16.5. The minimum Gasteiger partial charge on any atom is -0.377 e. The molecule has 1 fully saturated rings. The predicted octanol–water partition coefficient (Wildman–Crippen LogP) is 0.921. The van der Waals surface area contributed by atoms with Crippen LogP contribution in [0.15, 0.2) is 12.5 Å². The van der Waals surface area contributed by atoms with Crippen LogP contribution < -0.4 is 5.73 Å². The Morgan fingerprint density at radius 1 is 1.61 bits per heavy atom. The lowest BCUT2D eigenvalue weighted by Gasteiger charge is -2.32. The van der Waals surface area contributed by atoms with E-state index in [1.165, 1.54) is 12.8 Å². The molecule has 0 radical (unpaired) electrons. The molecular weight excluding hydrogens is 228 g/mol. The summed E-state index contributed by atoms with van der Waals surface area (Å²) in [5, 5.41) is 0. The molecule has 2 unspecified atom stereocenters. The number of aryl methyl sites for hydroxylation is 1. The summed E-state index contributed by atoms with van der Waals surface area (Å²) >= 11 is 0. The molecule has 1 aromatic heterocycles. The zero-order valence-corrected chi connectivity index (χ0v) is 11.4. The van der Waals surface area contributed by atoms with E-state index in [0.717, 1.165) is 25.3 Å². The van der Waals surface area contributed by atoms with Crippen LogP contribution in [0.1, 0.15) is 31.0 Å². The maximum Gasteiger partial charge on any atom is 0.0946 e. The standard InChI is InChI=1S/C13H24N4O/c1-16(9-11-5-3-4-6-18-11)12(7-14)13-8-15-10-17(13)2/h8,10-12H,3-7,9,14H2,1-2H3. The van der Waals surface area contributed by atoms with E-state index in [-0.39, 0.29) is 6.04 Å². The Bertz CT molecular complexity index is 360. The van der Waals surface area contributed by atoms with Crippen molar-refractivity contribution in [1.82, 2.24) is 14.5 Å². The Labute approximate surface area is 109 Å². The number of nitrogens with zero attached hydrogens (tertiary/aromatic N) is 3. The van der Waals surface area contributed by atoms with E-state index in [1.807, 2.05) is 24.1 Å². The summed E-state index contributed by atoms with van der Waals surface area (Å²) in [7, 11) is 4.12. The Morgan fingerprint density at radius 2 is 2.44 bits per heavy atom. The van der Waals surface area contributed by atoms with E-state index in [9.17, 15) is 0 Å². The summed E-state index contributed by atoms with van der Waals surface area (Å²) in [6.07, 6.45) is 7.71. The fourth-order valence-electron chi connectivity index (χ4n) is 2.61. The van der Waals surface area contributed by atoms with Crippen LogP contribution in [0.4, 0.5) is 0 Å². The van der Waals surface area contributed by atoms with Crippen molar-refractivity contribution in [1.29, 1.82) is 0 Å². The van der Waals surface area contributed by atoms with Crippen molar-refractivity contribution in [2.45, 2.75) is 31.4 Å². The monoisotopic (exact) mass is 252 g/mol. The van der Waals surface area contributed by atoms with Crippen LogP contribution in [-0.2, 0) is 11.8 Å². The van der Waals surface area contributed by atoms with E-state index in [1.54, 1.807) is 0 Å². The highest BCUT2D eigenvalue weighted by Crippen LogP contribution is 2.20. The average molecular weight is 252 g/mol. The van der Waals surface area contributed by atoms with Crippen LogP contribution >= 0.6 is 0 Å². The molecule has 0 saturated carbocycles. The summed E-state index contributed by atoms with van der Waals surface area (Å²) in [5.41, 5.74) is 7.08. The first-order valence-electron chi connectivity index (χ1n) is 6.70. The molecule has 18 heavy (non-hydrogen) atoms. The molecular formula is C13H24N4O. The van der Waals surface area contributed by atoms with Gasteiger partial charge in [0.25, 0.3) is 0 Å². The molecule has 0 amide bonds. The number of hydrogen-bond acceptors (Lipinski definition) is 4.